The number of methoxy groups -OCH3 is 2. The van der Waals surface area contributed by atoms with Crippen LogP contribution in [0.15, 0.2) is 109 Å². The number of carboxylic acid groups (broad SMARTS) is 1. The van der Waals surface area contributed by atoms with Gasteiger partial charge in [0.05, 0.1) is 19.8 Å². The Bertz CT molecular complexity index is 2840. The molecule has 1 heterocycles. The molecule has 6 aromatic rings. The Morgan fingerprint density at radius 2 is 0.984 bits per heavy atom. The molecule has 12 nitrogen and oxygen atoms in total. The molecule has 1 fully saturated rings. The van der Waals surface area contributed by atoms with E-state index in [2.05, 4.69) is 6.07 Å². The molecule has 0 atom stereocenters. The molecular formula is C50H44N4O8. The second kappa shape index (κ2) is 16.7. The van der Waals surface area contributed by atoms with Gasteiger partial charge in [0, 0.05) is 49.8 Å². The Labute approximate surface area is 358 Å². The van der Waals surface area contributed by atoms with E-state index in [9.17, 15) is 29.1 Å². The van der Waals surface area contributed by atoms with E-state index in [4.69, 9.17) is 20.9 Å². The van der Waals surface area contributed by atoms with Crippen molar-refractivity contribution >= 4 is 29.6 Å². The quantitative estimate of drug-likeness (QED) is 0.145. The number of carbonyl (C=O) groups excluding carboxylic acids is 4. The van der Waals surface area contributed by atoms with E-state index in [0.29, 0.717) is 61.5 Å². The second-order valence-electron chi connectivity index (χ2n) is 15.5. The van der Waals surface area contributed by atoms with Gasteiger partial charge in [0.1, 0.15) is 11.5 Å². The number of amides is 4. The highest BCUT2D eigenvalue weighted by molar-refractivity contribution is 6.03. The molecule has 62 heavy (non-hydrogen) atoms. The Balaban J connectivity index is 0.000000176. The zero-order chi connectivity index (χ0) is 43.8. The van der Waals surface area contributed by atoms with Gasteiger partial charge in [-0.15, -0.1) is 0 Å². The second-order valence-corrected chi connectivity index (χ2v) is 15.5. The van der Waals surface area contributed by atoms with Crippen molar-refractivity contribution in [2.24, 2.45) is 11.5 Å². The van der Waals surface area contributed by atoms with Crippen molar-refractivity contribution in [2.45, 2.75) is 19.8 Å². The SMILES string of the molecule is COc1cccc(-c2cc(C(N)=O)c3c(c2)-c2cc(C(=O)N4CCN(C(C)=O)CC4)ccc2C3)c1.COc1cccc(-c2cc(C(N)=O)c3c(c2)-c2cc(C(=O)O)ccc2C3)c1. The third-order valence-corrected chi connectivity index (χ3v) is 11.9. The number of hydrogen-bond donors (Lipinski definition) is 3. The van der Waals surface area contributed by atoms with Crippen molar-refractivity contribution < 1.29 is 38.6 Å². The topological polar surface area (TPSA) is 183 Å². The summed E-state index contributed by atoms with van der Waals surface area (Å²) in [6.07, 6.45) is 1.15. The molecule has 0 unspecified atom stereocenters. The zero-order valence-corrected chi connectivity index (χ0v) is 34.5. The number of hydrogen-bond acceptors (Lipinski definition) is 7. The normalized spacial score (nSPS) is 13.1. The molecule has 0 radical (unpaired) electrons. The number of carboxylic acids is 1. The minimum atomic E-state index is -0.981. The number of aromatic carboxylic acids is 1. The smallest absolute Gasteiger partial charge is 0.335 e. The molecule has 2 aliphatic carbocycles. The number of benzene rings is 6. The first-order chi connectivity index (χ1) is 29.8. The van der Waals surface area contributed by atoms with Crippen molar-refractivity contribution in [3.05, 3.63) is 154 Å². The van der Waals surface area contributed by atoms with E-state index in [0.717, 1.165) is 72.5 Å². The van der Waals surface area contributed by atoms with E-state index in [-0.39, 0.29) is 17.4 Å². The lowest BCUT2D eigenvalue weighted by Gasteiger charge is -2.34. The number of fused-ring (bicyclic) bond motifs is 6. The lowest BCUT2D eigenvalue weighted by Crippen LogP contribution is -2.50. The Hall–Kier alpha value is -7.73. The van der Waals surface area contributed by atoms with Gasteiger partial charge in [-0.25, -0.2) is 4.79 Å². The van der Waals surface area contributed by atoms with Crippen LogP contribution in [0.3, 0.4) is 0 Å². The number of piperazine rings is 1. The van der Waals surface area contributed by atoms with Crippen LogP contribution in [0.5, 0.6) is 11.5 Å². The van der Waals surface area contributed by atoms with E-state index >= 15 is 0 Å². The molecule has 0 bridgehead atoms. The molecule has 0 aromatic heterocycles. The molecule has 0 saturated carbocycles. The highest BCUT2D eigenvalue weighted by Gasteiger charge is 2.29. The third kappa shape index (κ3) is 7.85. The summed E-state index contributed by atoms with van der Waals surface area (Å²) in [5, 5.41) is 9.31. The summed E-state index contributed by atoms with van der Waals surface area (Å²) in [6, 6.07) is 33.6. The lowest BCUT2D eigenvalue weighted by molar-refractivity contribution is -0.130. The van der Waals surface area contributed by atoms with Crippen molar-refractivity contribution in [3.63, 3.8) is 0 Å². The Morgan fingerprint density at radius 3 is 1.42 bits per heavy atom. The lowest BCUT2D eigenvalue weighted by atomic mass is 9.93. The fraction of sp³-hybridized carbons (Fsp3) is 0.180. The number of primary amides is 2. The van der Waals surface area contributed by atoms with Crippen LogP contribution in [0.4, 0.5) is 0 Å². The van der Waals surface area contributed by atoms with Gasteiger partial charge < -0.3 is 35.8 Å². The third-order valence-electron chi connectivity index (χ3n) is 11.9. The standard InChI is InChI=1S/C28H27N3O4.C22H17NO4/c1-17(32)30-8-10-31(11-9-30)28(34)20-7-6-19-13-25-24(23(19)14-20)15-21(16-26(25)27(29)33)18-4-3-5-22(12-18)35-2;1-27-16-4-2-3-12(7-16)15-10-18-17-9-14(22(25)26)6-5-13(17)8-19(18)20(11-15)21(23)24/h3-7,12,14-16H,8-11,13H2,1-2H3,(H2,29,33);2-7,9-11H,8H2,1H3,(H2,23,24)(H,25,26). The van der Waals surface area contributed by atoms with Gasteiger partial charge in [-0.1, -0.05) is 36.4 Å². The van der Waals surface area contributed by atoms with Crippen molar-refractivity contribution in [1.82, 2.24) is 9.80 Å². The highest BCUT2D eigenvalue weighted by Crippen LogP contribution is 2.43. The van der Waals surface area contributed by atoms with Gasteiger partial charge in [0.15, 0.2) is 0 Å². The molecular weight excluding hydrogens is 785 g/mol. The molecule has 3 aliphatic rings. The van der Waals surface area contributed by atoms with Crippen LogP contribution >= 0.6 is 0 Å². The molecule has 12 heteroatoms. The summed E-state index contributed by atoms with van der Waals surface area (Å²) in [4.78, 5) is 64.3. The van der Waals surface area contributed by atoms with Crippen molar-refractivity contribution in [1.29, 1.82) is 0 Å². The maximum Gasteiger partial charge on any atom is 0.335 e. The fourth-order valence-electron chi connectivity index (χ4n) is 8.60. The van der Waals surface area contributed by atoms with Gasteiger partial charge in [-0.05, 0) is 152 Å². The van der Waals surface area contributed by atoms with Crippen LogP contribution in [-0.4, -0.2) is 84.9 Å². The van der Waals surface area contributed by atoms with Gasteiger partial charge in [0.25, 0.3) is 5.91 Å². The molecule has 1 saturated heterocycles. The summed E-state index contributed by atoms with van der Waals surface area (Å²) >= 11 is 0. The molecule has 5 N–H and O–H groups in total. The molecule has 0 spiro atoms. The average molecular weight is 829 g/mol. The summed E-state index contributed by atoms with van der Waals surface area (Å²) in [5.74, 6) is -0.540. The van der Waals surface area contributed by atoms with Crippen LogP contribution in [-0.2, 0) is 17.6 Å². The summed E-state index contributed by atoms with van der Waals surface area (Å²) in [5.41, 5.74) is 24.0. The first-order valence-corrected chi connectivity index (χ1v) is 20.1. The molecule has 6 aromatic carbocycles. The number of nitrogens with two attached hydrogens (primary N) is 2. The first-order valence-electron chi connectivity index (χ1n) is 20.1. The average Bonchev–Trinajstić information content (AvgIpc) is 3.85. The maximum atomic E-state index is 13.3. The van der Waals surface area contributed by atoms with Crippen LogP contribution in [0.2, 0.25) is 0 Å². The first kappa shape index (κ1) is 41.0. The predicted molar refractivity (Wildman–Crippen MR) is 235 cm³/mol. The Morgan fingerprint density at radius 1 is 0.532 bits per heavy atom. The Kier molecular flexibility index (Phi) is 11.1. The minimum Gasteiger partial charge on any atom is -0.497 e. The zero-order valence-electron chi connectivity index (χ0n) is 34.5. The maximum absolute atomic E-state index is 13.3. The van der Waals surface area contributed by atoms with Crippen LogP contribution in [0, 0.1) is 0 Å². The van der Waals surface area contributed by atoms with Gasteiger partial charge in [-0.3, -0.25) is 19.2 Å². The molecule has 1 aliphatic heterocycles. The number of carbonyl (C=O) groups is 5. The van der Waals surface area contributed by atoms with Gasteiger partial charge in [0.2, 0.25) is 17.7 Å². The number of rotatable bonds is 8. The van der Waals surface area contributed by atoms with E-state index in [1.54, 1.807) is 55.2 Å². The summed E-state index contributed by atoms with van der Waals surface area (Å²) in [7, 11) is 3.21. The predicted octanol–water partition coefficient (Wildman–Crippen LogP) is 7.07. The van der Waals surface area contributed by atoms with Crippen LogP contribution < -0.4 is 20.9 Å². The van der Waals surface area contributed by atoms with Gasteiger partial charge in [-0.2, -0.15) is 0 Å². The van der Waals surface area contributed by atoms with E-state index in [1.165, 1.54) is 0 Å². The number of nitrogens with zero attached hydrogens (tertiary/aromatic N) is 2. The number of ether oxygens (including phenoxy) is 2. The monoisotopic (exact) mass is 828 g/mol. The van der Waals surface area contributed by atoms with E-state index < -0.39 is 17.8 Å². The van der Waals surface area contributed by atoms with Crippen molar-refractivity contribution in [3.8, 4) is 56.0 Å². The summed E-state index contributed by atoms with van der Waals surface area (Å²) < 4.78 is 10.7. The molecule has 312 valence electrons. The largest absolute Gasteiger partial charge is 0.497 e. The summed E-state index contributed by atoms with van der Waals surface area (Å²) in [6.45, 7) is 3.66. The molecule has 4 amide bonds. The van der Waals surface area contributed by atoms with E-state index in [1.807, 2.05) is 78.9 Å². The highest BCUT2D eigenvalue weighted by atomic mass is 16.5. The fourth-order valence-corrected chi connectivity index (χ4v) is 8.60. The van der Waals surface area contributed by atoms with Crippen LogP contribution in [0.1, 0.15) is 70.6 Å². The van der Waals surface area contributed by atoms with Crippen LogP contribution in [0.25, 0.3) is 44.5 Å². The van der Waals surface area contributed by atoms with Gasteiger partial charge >= 0.3 is 5.97 Å². The minimum absolute atomic E-state index is 0.0309. The molecule has 9 rings (SSSR count). The van der Waals surface area contributed by atoms with Crippen molar-refractivity contribution in [2.75, 3.05) is 40.4 Å².